The Balaban J connectivity index is 1.94. The van der Waals surface area contributed by atoms with Crippen molar-refractivity contribution in [2.24, 2.45) is 12.8 Å². The second kappa shape index (κ2) is 7.22. The van der Waals surface area contributed by atoms with Crippen LogP contribution in [0.4, 0.5) is 4.39 Å². The molecule has 1 amide bonds. The zero-order chi connectivity index (χ0) is 21.6. The molecule has 1 aromatic carbocycles. The Labute approximate surface area is 177 Å². The van der Waals surface area contributed by atoms with Gasteiger partial charge < -0.3 is 9.47 Å². The Morgan fingerprint density at radius 1 is 1.30 bits per heavy atom. The van der Waals surface area contributed by atoms with E-state index in [2.05, 4.69) is 16.4 Å². The molecule has 3 heterocycles. The van der Waals surface area contributed by atoms with Crippen molar-refractivity contribution < 1.29 is 9.18 Å². The number of hydrogen-bond donors (Lipinski definition) is 2. The predicted molar refractivity (Wildman–Crippen MR) is 109 cm³/mol. The Kier molecular flexibility index (Phi) is 4.82. The number of aromatic nitrogens is 2. The third-order valence-corrected chi connectivity index (χ3v) is 5.69. The molecule has 0 aliphatic carbocycles. The van der Waals surface area contributed by atoms with E-state index in [0.29, 0.717) is 27.9 Å². The first-order valence-corrected chi connectivity index (χ1v) is 9.45. The van der Waals surface area contributed by atoms with Crippen LogP contribution in [0.5, 0.6) is 0 Å². The summed E-state index contributed by atoms with van der Waals surface area (Å²) in [4.78, 5) is 18.7. The number of rotatable bonds is 3. The van der Waals surface area contributed by atoms with Crippen molar-refractivity contribution in [1.82, 2.24) is 19.8 Å². The summed E-state index contributed by atoms with van der Waals surface area (Å²) in [5.74, 6) is -0.793. The number of carbonyl (C=O) groups is 1. The van der Waals surface area contributed by atoms with Gasteiger partial charge in [-0.3, -0.25) is 15.8 Å². The number of pyridine rings is 1. The maximum Gasteiger partial charge on any atom is 0.254 e. The lowest BCUT2D eigenvalue weighted by atomic mass is 9.82. The highest BCUT2D eigenvalue weighted by Crippen LogP contribution is 2.39. The van der Waals surface area contributed by atoms with E-state index < -0.39 is 17.6 Å². The minimum absolute atomic E-state index is 0.147. The van der Waals surface area contributed by atoms with E-state index >= 15 is 0 Å². The molecule has 2 aromatic heterocycles. The minimum Gasteiger partial charge on any atom is -0.342 e. The standard InChI is InChI=1S/C21H18ClFN6O/c1-28-11-14(7-16(28)9-24)21(19(30)29(2)20(25)27-21)13-5-3-4-12(6-13)17-8-15(23)10-26-18(17)22/h3-8,10-11,20,27H,25H2,1-2H3. The third kappa shape index (κ3) is 2.95. The van der Waals surface area contributed by atoms with E-state index in [1.54, 1.807) is 55.2 Å². The van der Waals surface area contributed by atoms with Gasteiger partial charge in [0.15, 0.2) is 5.54 Å². The number of amides is 1. The van der Waals surface area contributed by atoms with Crippen LogP contribution in [0.3, 0.4) is 0 Å². The largest absolute Gasteiger partial charge is 0.342 e. The first kappa shape index (κ1) is 20.0. The maximum atomic E-state index is 13.8. The van der Waals surface area contributed by atoms with Crippen LogP contribution in [0.1, 0.15) is 16.8 Å². The lowest BCUT2D eigenvalue weighted by Gasteiger charge is -2.27. The van der Waals surface area contributed by atoms with E-state index in [1.807, 2.05) is 0 Å². The summed E-state index contributed by atoms with van der Waals surface area (Å²) < 4.78 is 15.4. The van der Waals surface area contributed by atoms with Gasteiger partial charge >= 0.3 is 0 Å². The van der Waals surface area contributed by atoms with Crippen LogP contribution in [0.2, 0.25) is 5.15 Å². The molecule has 7 nitrogen and oxygen atoms in total. The number of likely N-dealkylation sites (N-methyl/N-ethyl adjacent to an activating group) is 1. The highest BCUT2D eigenvalue weighted by atomic mass is 35.5. The zero-order valence-corrected chi connectivity index (χ0v) is 17.0. The summed E-state index contributed by atoms with van der Waals surface area (Å²) in [6, 6.07) is 12.1. The highest BCUT2D eigenvalue weighted by molar-refractivity contribution is 6.32. The average molecular weight is 425 g/mol. The van der Waals surface area contributed by atoms with Gasteiger partial charge in [0, 0.05) is 31.4 Å². The van der Waals surface area contributed by atoms with Crippen LogP contribution >= 0.6 is 11.6 Å². The van der Waals surface area contributed by atoms with Crippen LogP contribution in [0.25, 0.3) is 11.1 Å². The van der Waals surface area contributed by atoms with Crippen molar-refractivity contribution in [3.05, 3.63) is 76.6 Å². The number of nitriles is 1. The van der Waals surface area contributed by atoms with Gasteiger partial charge in [-0.2, -0.15) is 5.26 Å². The van der Waals surface area contributed by atoms with E-state index in [1.165, 1.54) is 11.0 Å². The van der Waals surface area contributed by atoms with Crippen LogP contribution in [0, 0.1) is 17.1 Å². The molecule has 1 fully saturated rings. The number of benzene rings is 1. The van der Waals surface area contributed by atoms with Crippen LogP contribution in [0.15, 0.2) is 48.8 Å². The zero-order valence-electron chi connectivity index (χ0n) is 16.2. The molecular formula is C21H18ClFN6O. The number of nitrogens with one attached hydrogen (secondary N) is 1. The molecule has 4 rings (SSSR count). The van der Waals surface area contributed by atoms with E-state index in [9.17, 15) is 14.4 Å². The molecule has 0 radical (unpaired) electrons. The first-order valence-electron chi connectivity index (χ1n) is 9.07. The number of nitrogens with two attached hydrogens (primary N) is 1. The van der Waals surface area contributed by atoms with Crippen molar-refractivity contribution in [1.29, 1.82) is 5.26 Å². The monoisotopic (exact) mass is 424 g/mol. The summed E-state index contributed by atoms with van der Waals surface area (Å²) >= 11 is 6.18. The molecule has 0 spiro atoms. The topological polar surface area (TPSA) is 100.0 Å². The Morgan fingerprint density at radius 2 is 2.07 bits per heavy atom. The van der Waals surface area contributed by atoms with Crippen molar-refractivity contribution in [2.45, 2.75) is 11.8 Å². The molecule has 3 N–H and O–H groups in total. The molecular weight excluding hydrogens is 407 g/mol. The number of aryl methyl sites for hydroxylation is 1. The van der Waals surface area contributed by atoms with Crippen LogP contribution in [-0.4, -0.2) is 33.7 Å². The fourth-order valence-electron chi connectivity index (χ4n) is 3.78. The Hall–Kier alpha value is -3.25. The van der Waals surface area contributed by atoms with Crippen LogP contribution < -0.4 is 11.1 Å². The third-order valence-electron chi connectivity index (χ3n) is 5.39. The average Bonchev–Trinajstić information content (AvgIpc) is 3.23. The molecule has 0 saturated carbocycles. The smallest absolute Gasteiger partial charge is 0.254 e. The van der Waals surface area contributed by atoms with Crippen molar-refractivity contribution in [3.8, 4) is 17.2 Å². The fraction of sp³-hybridized carbons (Fsp3) is 0.190. The summed E-state index contributed by atoms with van der Waals surface area (Å²) in [5, 5.41) is 12.7. The summed E-state index contributed by atoms with van der Waals surface area (Å²) in [7, 11) is 3.33. The lowest BCUT2D eigenvalue weighted by molar-refractivity contribution is -0.131. The van der Waals surface area contributed by atoms with Gasteiger partial charge in [-0.25, -0.2) is 9.37 Å². The van der Waals surface area contributed by atoms with E-state index in [-0.39, 0.29) is 11.1 Å². The number of carbonyl (C=O) groups excluding carboxylic acids is 1. The number of hydrogen-bond acceptors (Lipinski definition) is 5. The summed E-state index contributed by atoms with van der Waals surface area (Å²) in [6.07, 6.45) is 2.03. The Morgan fingerprint density at radius 3 is 2.70 bits per heavy atom. The van der Waals surface area contributed by atoms with E-state index in [4.69, 9.17) is 17.3 Å². The molecule has 152 valence electrons. The van der Waals surface area contributed by atoms with Crippen molar-refractivity contribution in [2.75, 3.05) is 7.05 Å². The quantitative estimate of drug-likeness (QED) is 0.628. The molecule has 1 aliphatic rings. The molecule has 2 atom stereocenters. The maximum absolute atomic E-state index is 13.8. The number of nitrogens with zero attached hydrogens (tertiary/aromatic N) is 4. The number of halogens is 2. The molecule has 2 unspecified atom stereocenters. The fourth-order valence-corrected chi connectivity index (χ4v) is 3.99. The van der Waals surface area contributed by atoms with Gasteiger partial charge in [0.1, 0.15) is 29.0 Å². The molecule has 1 saturated heterocycles. The normalized spacial score (nSPS) is 21.1. The highest BCUT2D eigenvalue weighted by Gasteiger charge is 2.52. The lowest BCUT2D eigenvalue weighted by Crippen LogP contribution is -2.47. The molecule has 30 heavy (non-hydrogen) atoms. The summed E-state index contributed by atoms with van der Waals surface area (Å²) in [5.41, 5.74) is 7.37. The molecule has 9 heteroatoms. The second-order valence-corrected chi connectivity index (χ2v) is 7.52. The van der Waals surface area contributed by atoms with Gasteiger partial charge in [-0.1, -0.05) is 29.8 Å². The molecule has 0 bridgehead atoms. The first-order chi connectivity index (χ1) is 14.3. The van der Waals surface area contributed by atoms with E-state index in [0.717, 1.165) is 6.20 Å². The van der Waals surface area contributed by atoms with Gasteiger partial charge in [0.25, 0.3) is 5.91 Å². The predicted octanol–water partition coefficient (Wildman–Crippen LogP) is 2.30. The van der Waals surface area contributed by atoms with Gasteiger partial charge in [0.05, 0.1) is 6.20 Å². The van der Waals surface area contributed by atoms with Gasteiger partial charge in [-0.15, -0.1) is 0 Å². The van der Waals surface area contributed by atoms with Gasteiger partial charge in [-0.05, 0) is 29.3 Å². The molecule has 3 aromatic rings. The second-order valence-electron chi connectivity index (χ2n) is 7.16. The van der Waals surface area contributed by atoms with Crippen molar-refractivity contribution in [3.63, 3.8) is 0 Å². The molecule has 1 aliphatic heterocycles. The Bertz CT molecular complexity index is 1200. The minimum atomic E-state index is -1.32. The van der Waals surface area contributed by atoms with Crippen molar-refractivity contribution >= 4 is 17.5 Å². The van der Waals surface area contributed by atoms with Gasteiger partial charge in [0.2, 0.25) is 0 Å². The van der Waals surface area contributed by atoms with Crippen LogP contribution in [-0.2, 0) is 17.4 Å². The summed E-state index contributed by atoms with van der Waals surface area (Å²) in [6.45, 7) is 0. The SMILES string of the molecule is CN1C(=O)C(c2cccc(-c3cc(F)cnc3Cl)c2)(c2cc(C#N)n(C)c2)NC1N.